The highest BCUT2D eigenvalue weighted by Crippen LogP contribution is 2.19. The van der Waals surface area contributed by atoms with Crippen molar-refractivity contribution in [3.05, 3.63) is 29.3 Å². The molecule has 0 aliphatic carbocycles. The summed E-state index contributed by atoms with van der Waals surface area (Å²) in [5.41, 5.74) is 0.553. The van der Waals surface area contributed by atoms with Gasteiger partial charge in [0.2, 0.25) is 0 Å². The van der Waals surface area contributed by atoms with Crippen molar-refractivity contribution in [3.8, 4) is 5.75 Å². The number of aromatic hydroxyl groups is 1. The van der Waals surface area contributed by atoms with E-state index in [0.29, 0.717) is 5.56 Å². The van der Waals surface area contributed by atoms with Crippen LogP contribution in [0, 0.1) is 0 Å². The molecule has 4 heteroatoms. The molecule has 0 fully saturated rings. The van der Waals surface area contributed by atoms with Crippen LogP contribution in [0.25, 0.3) is 0 Å². The summed E-state index contributed by atoms with van der Waals surface area (Å²) in [6.07, 6.45) is 0. The van der Waals surface area contributed by atoms with Gasteiger partial charge >= 0.3 is 0 Å². The minimum absolute atomic E-state index is 0.109. The number of Topliss-reactive ketones (excluding diaryl/α,β-unsaturated/α-hetero) is 1. The van der Waals surface area contributed by atoms with Crippen LogP contribution in [0.3, 0.4) is 0 Å². The van der Waals surface area contributed by atoms with E-state index in [1.54, 1.807) is 7.05 Å². The lowest BCUT2D eigenvalue weighted by atomic mass is 10.1. The van der Waals surface area contributed by atoms with Crippen LogP contribution in [0.15, 0.2) is 18.2 Å². The number of nitrogens with one attached hydrogen (secondary N) is 1. The van der Waals surface area contributed by atoms with E-state index >= 15 is 0 Å². The predicted molar refractivity (Wildman–Crippen MR) is 51.2 cm³/mol. The number of rotatable bonds is 4. The van der Waals surface area contributed by atoms with Crippen molar-refractivity contribution in [2.45, 2.75) is 6.67 Å². The van der Waals surface area contributed by atoms with Gasteiger partial charge in [-0.1, -0.05) is 6.07 Å². The number of likely N-dealkylation sites (N-methyl/N-ethyl adjacent to an activating group) is 1. The molecule has 3 nitrogen and oxygen atoms in total. The molecule has 0 aliphatic rings. The average Bonchev–Trinajstić information content (AvgIpc) is 2.19. The van der Waals surface area contributed by atoms with E-state index in [9.17, 15) is 14.3 Å². The fourth-order valence-corrected chi connectivity index (χ4v) is 1.15. The molecular formula is C10H12FNO2. The van der Waals surface area contributed by atoms with Crippen LogP contribution < -0.4 is 5.32 Å². The fourth-order valence-electron chi connectivity index (χ4n) is 1.15. The Labute approximate surface area is 81.6 Å². The molecule has 1 rings (SSSR count). The summed E-state index contributed by atoms with van der Waals surface area (Å²) in [4.78, 5) is 11.4. The van der Waals surface area contributed by atoms with Gasteiger partial charge < -0.3 is 10.4 Å². The van der Waals surface area contributed by atoms with Crippen LogP contribution >= 0.6 is 0 Å². The van der Waals surface area contributed by atoms with Crippen molar-refractivity contribution in [1.29, 1.82) is 0 Å². The molecule has 0 unspecified atom stereocenters. The van der Waals surface area contributed by atoms with E-state index in [0.717, 1.165) is 0 Å². The Kier molecular flexibility index (Phi) is 3.59. The molecule has 0 aromatic heterocycles. The normalized spacial score (nSPS) is 10.1. The smallest absolute Gasteiger partial charge is 0.180 e. The first-order valence-corrected chi connectivity index (χ1v) is 4.24. The third kappa shape index (κ3) is 2.29. The number of ketones is 1. The van der Waals surface area contributed by atoms with Gasteiger partial charge in [-0.2, -0.15) is 0 Å². The van der Waals surface area contributed by atoms with E-state index in [2.05, 4.69) is 5.32 Å². The first kappa shape index (κ1) is 10.7. The highest BCUT2D eigenvalue weighted by atomic mass is 19.1. The summed E-state index contributed by atoms with van der Waals surface area (Å²) in [5.74, 6) is -0.359. The van der Waals surface area contributed by atoms with Crippen LogP contribution in [-0.4, -0.2) is 24.5 Å². The number of benzene rings is 1. The second kappa shape index (κ2) is 4.72. The number of phenolic OH excluding ortho intramolecular Hbond substituents is 1. The molecule has 14 heavy (non-hydrogen) atoms. The molecule has 76 valence electrons. The van der Waals surface area contributed by atoms with Gasteiger partial charge in [0.15, 0.2) is 5.78 Å². The van der Waals surface area contributed by atoms with Crippen LogP contribution in [0.1, 0.15) is 15.9 Å². The molecule has 0 spiro atoms. The Morgan fingerprint density at radius 3 is 2.86 bits per heavy atom. The highest BCUT2D eigenvalue weighted by Gasteiger charge is 2.10. The molecule has 0 saturated carbocycles. The molecule has 0 saturated heterocycles. The zero-order valence-corrected chi connectivity index (χ0v) is 7.88. The molecule has 1 aromatic carbocycles. The Hall–Kier alpha value is -1.42. The number of hydrogen-bond acceptors (Lipinski definition) is 3. The molecule has 0 amide bonds. The lowest BCUT2D eigenvalue weighted by molar-refractivity contribution is 0.0991. The summed E-state index contributed by atoms with van der Waals surface area (Å²) in [6, 6.07) is 4.15. The van der Waals surface area contributed by atoms with Crippen molar-refractivity contribution in [3.63, 3.8) is 0 Å². The van der Waals surface area contributed by atoms with Crippen LogP contribution in [0.4, 0.5) is 4.39 Å². The Morgan fingerprint density at radius 2 is 2.29 bits per heavy atom. The lowest BCUT2D eigenvalue weighted by Gasteiger charge is -2.04. The molecule has 0 heterocycles. The maximum atomic E-state index is 12.3. The molecule has 0 bridgehead atoms. The minimum atomic E-state index is -0.639. The van der Waals surface area contributed by atoms with Gasteiger partial charge in [-0.05, 0) is 24.7 Å². The van der Waals surface area contributed by atoms with Gasteiger partial charge in [0.05, 0.1) is 12.1 Å². The van der Waals surface area contributed by atoms with Crippen molar-refractivity contribution < 1.29 is 14.3 Å². The van der Waals surface area contributed by atoms with Crippen molar-refractivity contribution in [1.82, 2.24) is 5.32 Å². The van der Waals surface area contributed by atoms with Crippen LogP contribution in [0.5, 0.6) is 5.75 Å². The number of alkyl halides is 1. The molecule has 0 aliphatic heterocycles. The Bertz CT molecular complexity index is 339. The SMILES string of the molecule is CNCC(=O)c1cc(CF)ccc1O. The number of hydrogen-bond donors (Lipinski definition) is 2. The van der Waals surface area contributed by atoms with Gasteiger partial charge in [-0.25, -0.2) is 4.39 Å². The third-order valence-electron chi connectivity index (χ3n) is 1.85. The topological polar surface area (TPSA) is 49.3 Å². The molecule has 0 radical (unpaired) electrons. The molecular weight excluding hydrogens is 185 g/mol. The maximum absolute atomic E-state index is 12.3. The Balaban J connectivity index is 2.99. The van der Waals surface area contributed by atoms with E-state index < -0.39 is 6.67 Å². The second-order valence-corrected chi connectivity index (χ2v) is 2.94. The summed E-state index contributed by atoms with van der Waals surface area (Å²) in [5, 5.41) is 12.0. The molecule has 2 N–H and O–H groups in total. The number of halogens is 1. The Morgan fingerprint density at radius 1 is 1.57 bits per heavy atom. The first-order chi connectivity index (χ1) is 6.69. The summed E-state index contributed by atoms with van der Waals surface area (Å²) < 4.78 is 12.3. The number of phenols is 1. The number of carbonyl (C=O) groups excluding carboxylic acids is 1. The molecule has 1 aromatic rings. The van der Waals surface area contributed by atoms with Gasteiger partial charge in [0.25, 0.3) is 0 Å². The standard InChI is InChI=1S/C10H12FNO2/c1-12-6-10(14)8-4-7(5-11)2-3-9(8)13/h2-4,12-13H,5-6H2,1H3. The van der Waals surface area contributed by atoms with Crippen LogP contribution in [-0.2, 0) is 6.67 Å². The average molecular weight is 197 g/mol. The van der Waals surface area contributed by atoms with Crippen LogP contribution in [0.2, 0.25) is 0 Å². The van der Waals surface area contributed by atoms with Crippen molar-refractivity contribution in [2.75, 3.05) is 13.6 Å². The van der Waals surface area contributed by atoms with Crippen molar-refractivity contribution in [2.24, 2.45) is 0 Å². The van der Waals surface area contributed by atoms with Gasteiger partial charge in [0, 0.05) is 0 Å². The maximum Gasteiger partial charge on any atom is 0.180 e. The highest BCUT2D eigenvalue weighted by molar-refractivity contribution is 6.00. The second-order valence-electron chi connectivity index (χ2n) is 2.94. The largest absolute Gasteiger partial charge is 0.507 e. The minimum Gasteiger partial charge on any atom is -0.507 e. The number of carbonyl (C=O) groups is 1. The van der Waals surface area contributed by atoms with E-state index in [4.69, 9.17) is 0 Å². The quantitative estimate of drug-likeness (QED) is 0.714. The van der Waals surface area contributed by atoms with E-state index in [-0.39, 0.29) is 23.6 Å². The van der Waals surface area contributed by atoms with Gasteiger partial charge in [-0.15, -0.1) is 0 Å². The van der Waals surface area contributed by atoms with E-state index in [1.807, 2.05) is 0 Å². The first-order valence-electron chi connectivity index (χ1n) is 4.24. The molecule has 0 atom stereocenters. The van der Waals surface area contributed by atoms with Gasteiger partial charge in [-0.3, -0.25) is 4.79 Å². The summed E-state index contributed by atoms with van der Waals surface area (Å²) in [6.45, 7) is -0.511. The zero-order chi connectivity index (χ0) is 10.6. The van der Waals surface area contributed by atoms with Gasteiger partial charge in [0.1, 0.15) is 12.4 Å². The van der Waals surface area contributed by atoms with Crippen molar-refractivity contribution >= 4 is 5.78 Å². The summed E-state index contributed by atoms with van der Waals surface area (Å²) >= 11 is 0. The summed E-state index contributed by atoms with van der Waals surface area (Å²) in [7, 11) is 1.63. The third-order valence-corrected chi connectivity index (χ3v) is 1.85. The lowest BCUT2D eigenvalue weighted by Crippen LogP contribution is -2.18. The zero-order valence-electron chi connectivity index (χ0n) is 7.88. The monoisotopic (exact) mass is 197 g/mol. The van der Waals surface area contributed by atoms with E-state index in [1.165, 1.54) is 18.2 Å². The predicted octanol–water partition coefficient (Wildman–Crippen LogP) is 1.26. The fraction of sp³-hybridized carbons (Fsp3) is 0.300.